The lowest BCUT2D eigenvalue weighted by Gasteiger charge is -2.26. The van der Waals surface area contributed by atoms with Crippen molar-refractivity contribution in [3.63, 3.8) is 0 Å². The number of hydrogen-bond donors (Lipinski definition) is 0. The topological polar surface area (TPSA) is 35.5 Å². The van der Waals surface area contributed by atoms with E-state index in [-0.39, 0.29) is 12.1 Å². The molecule has 1 aliphatic carbocycles. The van der Waals surface area contributed by atoms with E-state index in [4.69, 9.17) is 21.1 Å². The summed E-state index contributed by atoms with van der Waals surface area (Å²) in [5.74, 6) is 0.368. The average Bonchev–Trinajstić information content (AvgIpc) is 3.11. The predicted octanol–water partition coefficient (Wildman–Crippen LogP) is 5.57. The van der Waals surface area contributed by atoms with Crippen molar-refractivity contribution < 1.29 is 14.3 Å². The molecule has 0 aromatic heterocycles. The third-order valence-corrected chi connectivity index (χ3v) is 4.94. The molecule has 4 heteroatoms. The number of rotatable bonds is 6. The lowest BCUT2D eigenvalue weighted by molar-refractivity contribution is -0.164. The van der Waals surface area contributed by atoms with Crippen molar-refractivity contribution in [2.24, 2.45) is 0 Å². The molecule has 0 radical (unpaired) electrons. The van der Waals surface area contributed by atoms with Gasteiger partial charge in [-0.2, -0.15) is 0 Å². The van der Waals surface area contributed by atoms with Gasteiger partial charge in [0.2, 0.25) is 0 Å². The van der Waals surface area contributed by atoms with E-state index in [1.54, 1.807) is 13.8 Å². The predicted molar refractivity (Wildman–Crippen MR) is 104 cm³/mol. The third-order valence-electron chi connectivity index (χ3n) is 4.69. The van der Waals surface area contributed by atoms with Crippen LogP contribution in [-0.2, 0) is 16.0 Å². The van der Waals surface area contributed by atoms with Crippen LogP contribution in [0.2, 0.25) is 5.02 Å². The Kier molecular flexibility index (Phi) is 5.87. The fraction of sp³-hybridized carbons (Fsp3) is 0.409. The second-order valence-electron chi connectivity index (χ2n) is 7.37. The second kappa shape index (κ2) is 8.13. The van der Waals surface area contributed by atoms with Gasteiger partial charge in [-0.3, -0.25) is 0 Å². The van der Waals surface area contributed by atoms with Crippen LogP contribution in [0.3, 0.4) is 0 Å². The molecule has 2 aromatic rings. The summed E-state index contributed by atoms with van der Waals surface area (Å²) < 4.78 is 11.5. The summed E-state index contributed by atoms with van der Waals surface area (Å²) in [6, 6.07) is 15.7. The molecule has 0 heterocycles. The molecule has 0 unspecified atom stereocenters. The Labute approximate surface area is 160 Å². The molecule has 0 saturated heterocycles. The molecule has 1 fully saturated rings. The van der Waals surface area contributed by atoms with Gasteiger partial charge in [0.1, 0.15) is 11.9 Å². The molecule has 138 valence electrons. The molecule has 26 heavy (non-hydrogen) atoms. The van der Waals surface area contributed by atoms with Crippen LogP contribution >= 0.6 is 11.6 Å². The van der Waals surface area contributed by atoms with Crippen molar-refractivity contribution in [1.82, 2.24) is 0 Å². The minimum Gasteiger partial charge on any atom is -0.476 e. The molecule has 0 atom stereocenters. The van der Waals surface area contributed by atoms with Gasteiger partial charge in [-0.05, 0) is 81.3 Å². The number of carbonyl (C=O) groups is 1. The zero-order valence-corrected chi connectivity index (χ0v) is 16.1. The summed E-state index contributed by atoms with van der Waals surface area (Å²) in [7, 11) is 0. The SMILES string of the molecule is CC(C)(Oc1ccc(Cc2ccc(Cl)cc2)cc1)C(=O)OC1CCCC1. The molecular weight excluding hydrogens is 348 g/mol. The van der Waals surface area contributed by atoms with Crippen molar-refractivity contribution in [2.75, 3.05) is 0 Å². The molecule has 1 saturated carbocycles. The zero-order chi connectivity index (χ0) is 18.6. The Bertz CT molecular complexity index is 729. The summed E-state index contributed by atoms with van der Waals surface area (Å²) in [6.45, 7) is 3.51. The van der Waals surface area contributed by atoms with E-state index in [2.05, 4.69) is 0 Å². The van der Waals surface area contributed by atoms with Crippen molar-refractivity contribution in [3.05, 3.63) is 64.7 Å². The first-order valence-corrected chi connectivity index (χ1v) is 9.54. The van der Waals surface area contributed by atoms with Crippen LogP contribution in [0.25, 0.3) is 0 Å². The maximum absolute atomic E-state index is 12.4. The van der Waals surface area contributed by atoms with Gasteiger partial charge >= 0.3 is 5.97 Å². The van der Waals surface area contributed by atoms with E-state index < -0.39 is 5.60 Å². The van der Waals surface area contributed by atoms with Gasteiger partial charge in [0.05, 0.1) is 0 Å². The van der Waals surface area contributed by atoms with Crippen molar-refractivity contribution >= 4 is 17.6 Å². The quantitative estimate of drug-likeness (QED) is 0.621. The van der Waals surface area contributed by atoms with Crippen LogP contribution in [0.15, 0.2) is 48.5 Å². The fourth-order valence-electron chi connectivity index (χ4n) is 3.15. The summed E-state index contributed by atoms with van der Waals surface area (Å²) in [5.41, 5.74) is 1.37. The highest BCUT2D eigenvalue weighted by molar-refractivity contribution is 6.30. The standard InChI is InChI=1S/C22H25ClO3/c1-22(2,21(24)25-19-5-3-4-6-19)26-20-13-9-17(10-14-20)15-16-7-11-18(23)12-8-16/h7-14,19H,3-6,15H2,1-2H3. The highest BCUT2D eigenvalue weighted by Crippen LogP contribution is 2.25. The molecule has 3 nitrogen and oxygen atoms in total. The number of hydrogen-bond acceptors (Lipinski definition) is 3. The first-order chi connectivity index (χ1) is 12.4. The smallest absolute Gasteiger partial charge is 0.350 e. The Hall–Kier alpha value is -2.00. The maximum atomic E-state index is 12.4. The number of ether oxygens (including phenoxy) is 2. The second-order valence-corrected chi connectivity index (χ2v) is 7.81. The van der Waals surface area contributed by atoms with E-state index in [0.29, 0.717) is 5.75 Å². The molecule has 3 rings (SSSR count). The largest absolute Gasteiger partial charge is 0.476 e. The Morgan fingerprint density at radius 3 is 2.12 bits per heavy atom. The van der Waals surface area contributed by atoms with Crippen LogP contribution in [0, 0.1) is 0 Å². The monoisotopic (exact) mass is 372 g/mol. The molecule has 0 aliphatic heterocycles. The average molecular weight is 373 g/mol. The normalized spacial score (nSPS) is 15.0. The molecule has 0 bridgehead atoms. The highest BCUT2D eigenvalue weighted by atomic mass is 35.5. The molecule has 0 N–H and O–H groups in total. The first kappa shape index (κ1) is 18.8. The number of carbonyl (C=O) groups excluding carboxylic acids is 1. The third kappa shape index (κ3) is 5.01. The molecule has 0 spiro atoms. The van der Waals surface area contributed by atoms with Gasteiger partial charge in [0.15, 0.2) is 5.60 Å². The van der Waals surface area contributed by atoms with Crippen LogP contribution in [0.1, 0.15) is 50.7 Å². The number of halogens is 1. The van der Waals surface area contributed by atoms with Crippen molar-refractivity contribution in [2.45, 2.75) is 57.7 Å². The Morgan fingerprint density at radius 1 is 1.00 bits per heavy atom. The maximum Gasteiger partial charge on any atom is 0.350 e. The van der Waals surface area contributed by atoms with E-state index >= 15 is 0 Å². The lowest BCUT2D eigenvalue weighted by Crippen LogP contribution is -2.41. The van der Waals surface area contributed by atoms with E-state index in [0.717, 1.165) is 37.1 Å². The summed E-state index contributed by atoms with van der Waals surface area (Å²) in [5, 5.41) is 0.740. The lowest BCUT2D eigenvalue weighted by atomic mass is 10.0. The minimum absolute atomic E-state index is 0.0483. The first-order valence-electron chi connectivity index (χ1n) is 9.16. The summed E-state index contributed by atoms with van der Waals surface area (Å²) in [6.07, 6.45) is 5.06. The molecular formula is C22H25ClO3. The van der Waals surface area contributed by atoms with Crippen molar-refractivity contribution in [1.29, 1.82) is 0 Å². The van der Waals surface area contributed by atoms with Gasteiger partial charge in [0.25, 0.3) is 0 Å². The van der Waals surface area contributed by atoms with Gasteiger partial charge in [-0.1, -0.05) is 35.9 Å². The fourth-order valence-corrected chi connectivity index (χ4v) is 3.28. The van der Waals surface area contributed by atoms with Gasteiger partial charge < -0.3 is 9.47 Å². The zero-order valence-electron chi connectivity index (χ0n) is 15.3. The number of esters is 1. The van der Waals surface area contributed by atoms with Gasteiger partial charge in [-0.15, -0.1) is 0 Å². The minimum atomic E-state index is -1.000. The van der Waals surface area contributed by atoms with E-state index in [1.807, 2.05) is 48.5 Å². The van der Waals surface area contributed by atoms with Gasteiger partial charge in [-0.25, -0.2) is 4.79 Å². The summed E-state index contributed by atoms with van der Waals surface area (Å²) >= 11 is 5.92. The highest BCUT2D eigenvalue weighted by Gasteiger charge is 2.34. The molecule has 1 aliphatic rings. The van der Waals surface area contributed by atoms with Crippen LogP contribution < -0.4 is 4.74 Å². The van der Waals surface area contributed by atoms with E-state index in [9.17, 15) is 4.79 Å². The molecule has 2 aromatic carbocycles. The molecule has 0 amide bonds. The van der Waals surface area contributed by atoms with Crippen LogP contribution in [0.5, 0.6) is 5.75 Å². The van der Waals surface area contributed by atoms with Gasteiger partial charge in [0, 0.05) is 5.02 Å². The van der Waals surface area contributed by atoms with Crippen LogP contribution in [-0.4, -0.2) is 17.7 Å². The summed E-state index contributed by atoms with van der Waals surface area (Å²) in [4.78, 5) is 12.4. The van der Waals surface area contributed by atoms with Crippen molar-refractivity contribution in [3.8, 4) is 5.75 Å². The van der Waals surface area contributed by atoms with E-state index in [1.165, 1.54) is 11.1 Å². The van der Waals surface area contributed by atoms with Crippen LogP contribution in [0.4, 0.5) is 0 Å². The number of benzene rings is 2. The Morgan fingerprint density at radius 2 is 1.54 bits per heavy atom. The Balaban J connectivity index is 1.58.